The monoisotopic (exact) mass is 350 g/mol. The predicted octanol–water partition coefficient (Wildman–Crippen LogP) is 4.26. The van der Waals surface area contributed by atoms with Crippen molar-refractivity contribution in [3.8, 4) is 10.6 Å². The van der Waals surface area contributed by atoms with Gasteiger partial charge in [-0.3, -0.25) is 4.72 Å². The molecule has 3 rings (SSSR count). The molecule has 0 aliphatic heterocycles. The highest BCUT2D eigenvalue weighted by molar-refractivity contribution is 7.92. The predicted molar refractivity (Wildman–Crippen MR) is 89.8 cm³/mol. The van der Waals surface area contributed by atoms with E-state index in [1.54, 1.807) is 36.5 Å². The first kappa shape index (κ1) is 15.0. The number of benzene rings is 2. The summed E-state index contributed by atoms with van der Waals surface area (Å²) in [6.07, 6.45) is 1.71. The van der Waals surface area contributed by atoms with Crippen molar-refractivity contribution >= 4 is 38.6 Å². The van der Waals surface area contributed by atoms with Crippen molar-refractivity contribution in [3.05, 3.63) is 65.1 Å². The molecular weight excluding hydrogens is 340 g/mol. The molecule has 2 aromatic carbocycles. The van der Waals surface area contributed by atoms with Crippen molar-refractivity contribution in [1.29, 1.82) is 0 Å². The number of nitrogens with one attached hydrogen (secondary N) is 1. The van der Waals surface area contributed by atoms with Crippen LogP contribution >= 0.6 is 22.9 Å². The van der Waals surface area contributed by atoms with Gasteiger partial charge in [0, 0.05) is 27.9 Å². The van der Waals surface area contributed by atoms with E-state index in [0.717, 1.165) is 10.6 Å². The molecular formula is C15H11ClN2O2S2. The number of hydrogen-bond donors (Lipinski definition) is 1. The SMILES string of the molecule is O=S(=O)(Nc1cccc(-c2nccs2)c1)c1ccc(Cl)cc1. The molecule has 0 fully saturated rings. The Morgan fingerprint density at radius 3 is 2.55 bits per heavy atom. The fourth-order valence-electron chi connectivity index (χ4n) is 1.91. The molecule has 3 aromatic rings. The van der Waals surface area contributed by atoms with Gasteiger partial charge in [-0.2, -0.15) is 0 Å². The van der Waals surface area contributed by atoms with Crippen molar-refractivity contribution in [2.75, 3.05) is 4.72 Å². The Labute approximate surface area is 137 Å². The maximum Gasteiger partial charge on any atom is 0.261 e. The van der Waals surface area contributed by atoms with Gasteiger partial charge in [-0.1, -0.05) is 23.7 Å². The van der Waals surface area contributed by atoms with Crippen LogP contribution in [0, 0.1) is 0 Å². The fraction of sp³-hybridized carbons (Fsp3) is 0. The van der Waals surface area contributed by atoms with Crippen LogP contribution in [0.4, 0.5) is 5.69 Å². The lowest BCUT2D eigenvalue weighted by Gasteiger charge is -2.09. The van der Waals surface area contributed by atoms with Crippen LogP contribution in [-0.2, 0) is 10.0 Å². The summed E-state index contributed by atoms with van der Waals surface area (Å²) < 4.78 is 27.2. The molecule has 1 N–H and O–H groups in total. The van der Waals surface area contributed by atoms with Crippen molar-refractivity contribution < 1.29 is 8.42 Å². The van der Waals surface area contributed by atoms with Gasteiger partial charge in [-0.05, 0) is 36.4 Å². The number of halogens is 1. The van der Waals surface area contributed by atoms with E-state index in [-0.39, 0.29) is 4.90 Å². The Morgan fingerprint density at radius 1 is 1.09 bits per heavy atom. The normalized spacial score (nSPS) is 11.3. The van der Waals surface area contributed by atoms with Gasteiger partial charge in [0.05, 0.1) is 4.90 Å². The van der Waals surface area contributed by atoms with Crippen molar-refractivity contribution in [2.45, 2.75) is 4.90 Å². The molecule has 0 bridgehead atoms. The lowest BCUT2D eigenvalue weighted by atomic mass is 10.2. The van der Waals surface area contributed by atoms with Gasteiger partial charge in [0.25, 0.3) is 10.0 Å². The summed E-state index contributed by atoms with van der Waals surface area (Å²) in [6, 6.07) is 13.2. The van der Waals surface area contributed by atoms with Crippen LogP contribution in [-0.4, -0.2) is 13.4 Å². The van der Waals surface area contributed by atoms with Gasteiger partial charge in [0.1, 0.15) is 5.01 Å². The van der Waals surface area contributed by atoms with E-state index in [2.05, 4.69) is 9.71 Å². The third-order valence-electron chi connectivity index (χ3n) is 2.92. The first-order valence-corrected chi connectivity index (χ1v) is 9.07. The van der Waals surface area contributed by atoms with E-state index >= 15 is 0 Å². The van der Waals surface area contributed by atoms with Crippen LogP contribution in [0.1, 0.15) is 0 Å². The van der Waals surface area contributed by atoms with Crippen LogP contribution in [0.5, 0.6) is 0 Å². The molecule has 0 aliphatic rings. The zero-order valence-corrected chi connectivity index (χ0v) is 13.6. The van der Waals surface area contributed by atoms with E-state index < -0.39 is 10.0 Å². The summed E-state index contributed by atoms with van der Waals surface area (Å²) in [5.74, 6) is 0. The van der Waals surface area contributed by atoms with Crippen LogP contribution < -0.4 is 4.72 Å². The minimum absolute atomic E-state index is 0.163. The number of hydrogen-bond acceptors (Lipinski definition) is 4. The quantitative estimate of drug-likeness (QED) is 0.764. The molecule has 0 saturated heterocycles. The number of sulfonamides is 1. The summed E-state index contributed by atoms with van der Waals surface area (Å²) in [4.78, 5) is 4.38. The van der Waals surface area contributed by atoms with Crippen LogP contribution in [0.3, 0.4) is 0 Å². The zero-order valence-electron chi connectivity index (χ0n) is 11.2. The van der Waals surface area contributed by atoms with Crippen LogP contribution in [0.2, 0.25) is 5.02 Å². The highest BCUT2D eigenvalue weighted by atomic mass is 35.5. The molecule has 0 unspecified atom stereocenters. The molecule has 0 atom stereocenters. The molecule has 0 saturated carbocycles. The standard InChI is InChI=1S/C15H11ClN2O2S2/c16-12-4-6-14(7-5-12)22(19,20)18-13-3-1-2-11(10-13)15-17-8-9-21-15/h1-10,18H. The minimum Gasteiger partial charge on any atom is -0.280 e. The second-order valence-electron chi connectivity index (χ2n) is 4.48. The summed E-state index contributed by atoms with van der Waals surface area (Å²) >= 11 is 7.28. The summed E-state index contributed by atoms with van der Waals surface area (Å²) in [5, 5.41) is 3.21. The molecule has 22 heavy (non-hydrogen) atoms. The van der Waals surface area contributed by atoms with E-state index in [1.807, 2.05) is 11.4 Å². The van der Waals surface area contributed by atoms with Gasteiger partial charge in [-0.15, -0.1) is 11.3 Å². The summed E-state index contributed by atoms with van der Waals surface area (Å²) in [5.41, 5.74) is 1.36. The number of aromatic nitrogens is 1. The average molecular weight is 351 g/mol. The lowest BCUT2D eigenvalue weighted by molar-refractivity contribution is 0.601. The zero-order chi connectivity index (χ0) is 15.6. The highest BCUT2D eigenvalue weighted by Crippen LogP contribution is 2.26. The number of rotatable bonds is 4. The lowest BCUT2D eigenvalue weighted by Crippen LogP contribution is -2.12. The largest absolute Gasteiger partial charge is 0.280 e. The smallest absolute Gasteiger partial charge is 0.261 e. The Kier molecular flexibility index (Phi) is 4.15. The maximum absolute atomic E-state index is 12.3. The van der Waals surface area contributed by atoms with Crippen LogP contribution in [0.15, 0.2) is 65.0 Å². The first-order valence-electron chi connectivity index (χ1n) is 6.33. The van der Waals surface area contributed by atoms with Gasteiger partial charge in [-0.25, -0.2) is 13.4 Å². The molecule has 1 aromatic heterocycles. The minimum atomic E-state index is -3.64. The first-order chi connectivity index (χ1) is 10.5. The molecule has 7 heteroatoms. The van der Waals surface area contributed by atoms with E-state index in [9.17, 15) is 8.42 Å². The molecule has 0 spiro atoms. The van der Waals surface area contributed by atoms with E-state index in [1.165, 1.54) is 23.5 Å². The Hall–Kier alpha value is -1.89. The van der Waals surface area contributed by atoms with Crippen molar-refractivity contribution in [1.82, 2.24) is 4.98 Å². The van der Waals surface area contributed by atoms with Gasteiger partial charge in [0.15, 0.2) is 0 Å². The molecule has 4 nitrogen and oxygen atoms in total. The molecule has 0 radical (unpaired) electrons. The molecule has 112 valence electrons. The third kappa shape index (κ3) is 3.30. The second-order valence-corrected chi connectivity index (χ2v) is 7.49. The maximum atomic E-state index is 12.3. The second kappa shape index (κ2) is 6.08. The summed E-state index contributed by atoms with van der Waals surface area (Å²) in [6.45, 7) is 0. The summed E-state index contributed by atoms with van der Waals surface area (Å²) in [7, 11) is -3.64. The average Bonchev–Trinajstić information content (AvgIpc) is 3.02. The Bertz CT molecular complexity index is 876. The number of anilines is 1. The molecule has 1 heterocycles. The molecule has 0 amide bonds. The van der Waals surface area contributed by atoms with Gasteiger partial charge < -0.3 is 0 Å². The Balaban J connectivity index is 1.89. The van der Waals surface area contributed by atoms with E-state index in [4.69, 9.17) is 11.6 Å². The molecule has 0 aliphatic carbocycles. The Morgan fingerprint density at radius 2 is 1.86 bits per heavy atom. The highest BCUT2D eigenvalue weighted by Gasteiger charge is 2.14. The van der Waals surface area contributed by atoms with Gasteiger partial charge in [0.2, 0.25) is 0 Å². The number of thiazole rings is 1. The fourth-order valence-corrected chi connectivity index (χ4v) is 3.72. The van der Waals surface area contributed by atoms with E-state index in [0.29, 0.717) is 10.7 Å². The topological polar surface area (TPSA) is 59.1 Å². The third-order valence-corrected chi connectivity index (χ3v) is 5.39. The van der Waals surface area contributed by atoms with Crippen molar-refractivity contribution in [2.24, 2.45) is 0 Å². The van der Waals surface area contributed by atoms with Gasteiger partial charge >= 0.3 is 0 Å². The number of nitrogens with zero attached hydrogens (tertiary/aromatic N) is 1. The van der Waals surface area contributed by atoms with Crippen molar-refractivity contribution in [3.63, 3.8) is 0 Å². The van der Waals surface area contributed by atoms with Crippen LogP contribution in [0.25, 0.3) is 10.6 Å².